The number of aromatic nitrogens is 4. The summed E-state index contributed by atoms with van der Waals surface area (Å²) in [4.78, 5) is 17.5. The van der Waals surface area contributed by atoms with Crippen LogP contribution >= 0.6 is 11.3 Å². The lowest BCUT2D eigenvalue weighted by molar-refractivity contribution is 0.0465. The molecule has 24 heavy (non-hydrogen) atoms. The molecule has 4 heterocycles. The average molecular weight is 340 g/mol. The van der Waals surface area contributed by atoms with Crippen molar-refractivity contribution in [3.05, 3.63) is 59.0 Å². The van der Waals surface area contributed by atoms with Gasteiger partial charge in [0.2, 0.25) is 0 Å². The summed E-state index contributed by atoms with van der Waals surface area (Å²) in [5, 5.41) is 10.1. The highest BCUT2D eigenvalue weighted by Gasteiger charge is 2.20. The number of thiophene rings is 1. The number of aryl methyl sites for hydroxylation is 1. The van der Waals surface area contributed by atoms with Crippen LogP contribution < -0.4 is 0 Å². The summed E-state index contributed by atoms with van der Waals surface area (Å²) in [6.45, 7) is 1.77. The van der Waals surface area contributed by atoms with E-state index in [1.165, 1.54) is 0 Å². The predicted molar refractivity (Wildman–Crippen MR) is 86.7 cm³/mol. The molecule has 4 aromatic heterocycles. The average Bonchev–Trinajstić information content (AvgIpc) is 3.31. The van der Waals surface area contributed by atoms with E-state index in [1.807, 2.05) is 17.5 Å². The second-order valence-electron chi connectivity index (χ2n) is 5.08. The van der Waals surface area contributed by atoms with Crippen LogP contribution in [0.25, 0.3) is 16.3 Å². The highest BCUT2D eigenvalue weighted by molar-refractivity contribution is 7.13. The van der Waals surface area contributed by atoms with E-state index in [0.717, 1.165) is 4.88 Å². The molecular formula is C16H12N4O3S. The first-order valence-corrected chi connectivity index (χ1v) is 8.07. The third-order valence-corrected chi connectivity index (χ3v) is 4.33. The molecule has 4 rings (SSSR count). The molecule has 0 aliphatic carbocycles. The van der Waals surface area contributed by atoms with Gasteiger partial charge in [-0.05, 0) is 24.4 Å². The van der Waals surface area contributed by atoms with Gasteiger partial charge in [0.05, 0.1) is 10.6 Å². The fraction of sp³-hybridized carbons (Fsp3) is 0.125. The topological polar surface area (TPSA) is 82.5 Å². The van der Waals surface area contributed by atoms with Crippen molar-refractivity contribution >= 4 is 23.0 Å². The second-order valence-corrected chi connectivity index (χ2v) is 6.03. The molecule has 0 atom stereocenters. The molecule has 7 nitrogen and oxygen atoms in total. The Morgan fingerprint density at radius 2 is 2.33 bits per heavy atom. The van der Waals surface area contributed by atoms with Crippen molar-refractivity contribution in [2.24, 2.45) is 0 Å². The summed E-state index contributed by atoms with van der Waals surface area (Å²) in [7, 11) is 0. The maximum absolute atomic E-state index is 12.4. The molecular weight excluding hydrogens is 328 g/mol. The first-order valence-electron chi connectivity index (χ1n) is 7.19. The van der Waals surface area contributed by atoms with E-state index in [0.29, 0.717) is 28.4 Å². The van der Waals surface area contributed by atoms with Crippen molar-refractivity contribution in [2.45, 2.75) is 13.5 Å². The Hall–Kier alpha value is -3.00. The number of ether oxygens (including phenoxy) is 1. The van der Waals surface area contributed by atoms with E-state index in [9.17, 15) is 4.79 Å². The van der Waals surface area contributed by atoms with Gasteiger partial charge in [-0.25, -0.2) is 14.3 Å². The maximum atomic E-state index is 12.4. The van der Waals surface area contributed by atoms with Gasteiger partial charge in [0.1, 0.15) is 17.9 Å². The normalized spacial score (nSPS) is 11.0. The first kappa shape index (κ1) is 14.6. The van der Waals surface area contributed by atoms with Crippen molar-refractivity contribution in [2.75, 3.05) is 0 Å². The number of carbonyl (C=O) groups is 1. The zero-order valence-corrected chi connectivity index (χ0v) is 13.5. The number of carbonyl (C=O) groups excluding carboxylic acids is 1. The third kappa shape index (κ3) is 2.56. The van der Waals surface area contributed by atoms with E-state index in [1.54, 1.807) is 47.3 Å². The molecule has 0 bridgehead atoms. The van der Waals surface area contributed by atoms with Crippen LogP contribution in [0.3, 0.4) is 0 Å². The standard InChI is InChI=1S/C16H12N4O3S/c1-10-14(15-17-5-3-6-20(15)18-10)16(21)22-9-11-8-12(23-19-11)13-4-2-7-24-13/h2-8H,9H2,1H3. The van der Waals surface area contributed by atoms with Crippen LogP contribution in [0.5, 0.6) is 0 Å². The maximum Gasteiger partial charge on any atom is 0.344 e. The molecule has 0 aromatic carbocycles. The summed E-state index contributed by atoms with van der Waals surface area (Å²) in [6.07, 6.45) is 3.34. The van der Waals surface area contributed by atoms with Gasteiger partial charge in [-0.15, -0.1) is 11.3 Å². The summed E-state index contributed by atoms with van der Waals surface area (Å²) in [6, 6.07) is 7.38. The van der Waals surface area contributed by atoms with Crippen LogP contribution in [0, 0.1) is 6.92 Å². The molecule has 0 aliphatic rings. The van der Waals surface area contributed by atoms with Gasteiger partial charge in [-0.1, -0.05) is 11.2 Å². The molecule has 0 amide bonds. The Morgan fingerprint density at radius 3 is 3.17 bits per heavy atom. The van der Waals surface area contributed by atoms with Gasteiger partial charge >= 0.3 is 5.97 Å². The third-order valence-electron chi connectivity index (χ3n) is 3.45. The fourth-order valence-corrected chi connectivity index (χ4v) is 3.04. The van der Waals surface area contributed by atoms with Crippen molar-refractivity contribution in [3.8, 4) is 10.6 Å². The Balaban J connectivity index is 1.51. The minimum atomic E-state index is -0.484. The summed E-state index contributed by atoms with van der Waals surface area (Å²) >= 11 is 1.55. The molecule has 0 saturated carbocycles. The molecule has 8 heteroatoms. The van der Waals surface area contributed by atoms with E-state index < -0.39 is 5.97 Å². The monoisotopic (exact) mass is 340 g/mol. The highest BCUT2D eigenvalue weighted by Crippen LogP contribution is 2.25. The van der Waals surface area contributed by atoms with Crippen LogP contribution in [0.1, 0.15) is 21.7 Å². The van der Waals surface area contributed by atoms with Crippen molar-refractivity contribution in [3.63, 3.8) is 0 Å². The summed E-state index contributed by atoms with van der Waals surface area (Å²) in [5.41, 5.74) is 1.95. The number of hydrogen-bond donors (Lipinski definition) is 0. The Bertz CT molecular complexity index is 1000. The lowest BCUT2D eigenvalue weighted by atomic mass is 10.2. The quantitative estimate of drug-likeness (QED) is 0.531. The van der Waals surface area contributed by atoms with E-state index >= 15 is 0 Å². The fourth-order valence-electron chi connectivity index (χ4n) is 2.36. The largest absolute Gasteiger partial charge is 0.455 e. The minimum Gasteiger partial charge on any atom is -0.455 e. The molecule has 0 aliphatic heterocycles. The lowest BCUT2D eigenvalue weighted by Crippen LogP contribution is -2.07. The Kier molecular flexibility index (Phi) is 3.58. The van der Waals surface area contributed by atoms with Gasteiger partial charge in [0.25, 0.3) is 0 Å². The predicted octanol–water partition coefficient (Wildman–Crippen LogP) is 3.11. The van der Waals surface area contributed by atoms with Gasteiger partial charge in [-0.2, -0.15) is 5.10 Å². The Morgan fingerprint density at radius 1 is 1.42 bits per heavy atom. The van der Waals surface area contributed by atoms with Crippen LogP contribution in [0.2, 0.25) is 0 Å². The molecule has 0 radical (unpaired) electrons. The van der Waals surface area contributed by atoms with E-state index in [-0.39, 0.29) is 6.61 Å². The van der Waals surface area contributed by atoms with Crippen molar-refractivity contribution < 1.29 is 14.1 Å². The van der Waals surface area contributed by atoms with Crippen molar-refractivity contribution in [1.29, 1.82) is 0 Å². The number of rotatable bonds is 4. The zero-order valence-electron chi connectivity index (χ0n) is 12.7. The van der Waals surface area contributed by atoms with E-state index in [2.05, 4.69) is 15.2 Å². The highest BCUT2D eigenvalue weighted by atomic mass is 32.1. The summed E-state index contributed by atoms with van der Waals surface area (Å²) < 4.78 is 12.2. The van der Waals surface area contributed by atoms with Crippen LogP contribution in [0.4, 0.5) is 0 Å². The van der Waals surface area contributed by atoms with Gasteiger partial charge < -0.3 is 9.26 Å². The molecule has 0 saturated heterocycles. The van der Waals surface area contributed by atoms with Crippen LogP contribution in [0.15, 0.2) is 46.6 Å². The number of fused-ring (bicyclic) bond motifs is 1. The molecule has 4 aromatic rings. The molecule has 0 N–H and O–H groups in total. The van der Waals surface area contributed by atoms with E-state index in [4.69, 9.17) is 9.26 Å². The van der Waals surface area contributed by atoms with Crippen LogP contribution in [-0.2, 0) is 11.3 Å². The second kappa shape index (κ2) is 5.89. The number of esters is 1. The summed E-state index contributed by atoms with van der Waals surface area (Å²) in [5.74, 6) is 0.173. The van der Waals surface area contributed by atoms with Crippen LogP contribution in [-0.4, -0.2) is 25.7 Å². The molecule has 120 valence electrons. The zero-order chi connectivity index (χ0) is 16.5. The molecule has 0 fully saturated rings. The smallest absolute Gasteiger partial charge is 0.344 e. The lowest BCUT2D eigenvalue weighted by Gasteiger charge is -2.01. The number of nitrogens with zero attached hydrogens (tertiary/aromatic N) is 4. The van der Waals surface area contributed by atoms with Gasteiger partial charge in [0, 0.05) is 18.5 Å². The van der Waals surface area contributed by atoms with Gasteiger partial charge in [0.15, 0.2) is 11.4 Å². The molecule has 0 spiro atoms. The SMILES string of the molecule is Cc1nn2cccnc2c1C(=O)OCc1cc(-c2cccs2)on1. The minimum absolute atomic E-state index is 0.0251. The van der Waals surface area contributed by atoms with Crippen molar-refractivity contribution in [1.82, 2.24) is 19.8 Å². The first-order chi connectivity index (χ1) is 11.7. The Labute approximate surface area is 140 Å². The van der Waals surface area contributed by atoms with Gasteiger partial charge in [-0.3, -0.25) is 0 Å². The molecule has 0 unspecified atom stereocenters. The number of hydrogen-bond acceptors (Lipinski definition) is 7.